The minimum absolute atomic E-state index is 0.0863. The Bertz CT molecular complexity index is 960. The van der Waals surface area contributed by atoms with Crippen molar-refractivity contribution in [2.24, 2.45) is 0 Å². The lowest BCUT2D eigenvalue weighted by atomic mass is 10.1. The summed E-state index contributed by atoms with van der Waals surface area (Å²) in [6, 6.07) is 9.45. The van der Waals surface area contributed by atoms with Gasteiger partial charge >= 0.3 is 5.97 Å². The quantitative estimate of drug-likeness (QED) is 0.670. The van der Waals surface area contributed by atoms with Crippen LogP contribution in [0.5, 0.6) is 0 Å². The topological polar surface area (TPSA) is 97.1 Å². The number of rotatable bonds is 4. The Kier molecular flexibility index (Phi) is 4.82. The summed E-state index contributed by atoms with van der Waals surface area (Å²) >= 11 is 9.17. The maximum atomic E-state index is 12.6. The van der Waals surface area contributed by atoms with Crippen LogP contribution >= 0.6 is 27.5 Å². The predicted molar refractivity (Wildman–Crippen MR) is 95.4 cm³/mol. The predicted octanol–water partition coefficient (Wildman–Crippen LogP) is 3.63. The molecule has 1 heterocycles. The number of halogens is 2. The van der Waals surface area contributed by atoms with E-state index < -0.39 is 11.9 Å². The highest BCUT2D eigenvalue weighted by Gasteiger charge is 2.14. The average molecular weight is 422 g/mol. The molecule has 1 amide bonds. The van der Waals surface area contributed by atoms with Gasteiger partial charge in [0.15, 0.2) is 0 Å². The zero-order valence-electron chi connectivity index (χ0n) is 12.5. The van der Waals surface area contributed by atoms with Crippen LogP contribution in [0.15, 0.2) is 53.5 Å². The molecule has 3 aromatic rings. The van der Waals surface area contributed by atoms with Crippen molar-refractivity contribution in [1.82, 2.24) is 14.8 Å². The molecule has 0 saturated heterocycles. The number of carbonyl (C=O) groups excluding carboxylic acids is 1. The standard InChI is InChI=1S/C16H10BrClN4O3/c17-13-3-2-10(22-7-19-20-8-22)6-11(13)15(23)21-9-1-4-14(18)12(5-9)16(24)25/h1-8H,(H,21,23)(H,24,25). The molecule has 25 heavy (non-hydrogen) atoms. The third-order valence-electron chi connectivity index (χ3n) is 3.37. The summed E-state index contributed by atoms with van der Waals surface area (Å²) < 4.78 is 2.25. The van der Waals surface area contributed by atoms with Crippen LogP contribution < -0.4 is 5.32 Å². The molecule has 9 heteroatoms. The molecule has 2 N–H and O–H groups in total. The number of carbonyl (C=O) groups is 2. The van der Waals surface area contributed by atoms with E-state index >= 15 is 0 Å². The van der Waals surface area contributed by atoms with Crippen molar-refractivity contribution in [3.05, 3.63) is 69.7 Å². The average Bonchev–Trinajstić information content (AvgIpc) is 3.11. The van der Waals surface area contributed by atoms with Gasteiger partial charge in [0.25, 0.3) is 5.91 Å². The van der Waals surface area contributed by atoms with Crippen molar-refractivity contribution in [2.75, 3.05) is 5.32 Å². The number of benzene rings is 2. The smallest absolute Gasteiger partial charge is 0.337 e. The Hall–Kier alpha value is -2.71. The molecule has 3 rings (SSSR count). The lowest BCUT2D eigenvalue weighted by molar-refractivity contribution is 0.0696. The molecule has 126 valence electrons. The van der Waals surface area contributed by atoms with E-state index in [1.807, 2.05) is 0 Å². The van der Waals surface area contributed by atoms with Crippen LogP contribution in [0.25, 0.3) is 5.69 Å². The van der Waals surface area contributed by atoms with E-state index in [1.54, 1.807) is 22.8 Å². The number of hydrogen-bond acceptors (Lipinski definition) is 4. The minimum atomic E-state index is -1.17. The van der Waals surface area contributed by atoms with Gasteiger partial charge in [0.05, 0.1) is 16.1 Å². The number of aromatic nitrogens is 3. The van der Waals surface area contributed by atoms with E-state index in [0.717, 1.165) is 0 Å². The molecule has 7 nitrogen and oxygen atoms in total. The van der Waals surface area contributed by atoms with E-state index in [0.29, 0.717) is 21.4 Å². The second kappa shape index (κ2) is 7.04. The second-order valence-corrected chi connectivity index (χ2v) is 6.25. The second-order valence-electron chi connectivity index (χ2n) is 4.99. The van der Waals surface area contributed by atoms with E-state index in [1.165, 1.54) is 30.9 Å². The summed E-state index contributed by atoms with van der Waals surface area (Å²) in [5.74, 6) is -1.57. The van der Waals surface area contributed by atoms with Gasteiger partial charge in [-0.3, -0.25) is 9.36 Å². The molecule has 0 atom stereocenters. The van der Waals surface area contributed by atoms with Crippen LogP contribution in [0.1, 0.15) is 20.7 Å². The first-order chi connectivity index (χ1) is 12.0. The normalized spacial score (nSPS) is 10.5. The zero-order valence-corrected chi connectivity index (χ0v) is 14.8. The number of nitrogens with zero attached hydrogens (tertiary/aromatic N) is 3. The maximum Gasteiger partial charge on any atom is 0.337 e. The molecule has 0 spiro atoms. The summed E-state index contributed by atoms with van der Waals surface area (Å²) in [4.78, 5) is 23.7. The number of nitrogens with one attached hydrogen (secondary N) is 1. The van der Waals surface area contributed by atoms with Crippen LogP contribution in [0.3, 0.4) is 0 Å². The van der Waals surface area contributed by atoms with Gasteiger partial charge in [-0.15, -0.1) is 10.2 Å². The summed E-state index contributed by atoms with van der Waals surface area (Å²) in [6.07, 6.45) is 3.03. The largest absolute Gasteiger partial charge is 0.478 e. The Balaban J connectivity index is 1.90. The fraction of sp³-hybridized carbons (Fsp3) is 0. The number of carboxylic acids is 1. The molecule has 0 aliphatic rings. The SMILES string of the molecule is O=C(O)c1cc(NC(=O)c2cc(-n3cnnc3)ccc2Br)ccc1Cl. The third-order valence-corrected chi connectivity index (χ3v) is 4.39. The van der Waals surface area contributed by atoms with Gasteiger partial charge in [-0.05, 0) is 52.3 Å². The molecule has 0 fully saturated rings. The Morgan fingerprint density at radius 1 is 1.08 bits per heavy atom. The van der Waals surface area contributed by atoms with Crippen LogP contribution in [0.2, 0.25) is 5.02 Å². The molecule has 2 aromatic carbocycles. The molecular formula is C16H10BrClN4O3. The number of aromatic carboxylic acids is 1. The molecule has 0 unspecified atom stereocenters. The van der Waals surface area contributed by atoms with Crippen molar-refractivity contribution in [1.29, 1.82) is 0 Å². The Morgan fingerprint density at radius 2 is 1.80 bits per heavy atom. The molecule has 0 aliphatic carbocycles. The monoisotopic (exact) mass is 420 g/mol. The van der Waals surface area contributed by atoms with E-state index in [9.17, 15) is 9.59 Å². The number of amides is 1. The van der Waals surface area contributed by atoms with Crippen LogP contribution in [-0.2, 0) is 0 Å². The van der Waals surface area contributed by atoms with Crippen molar-refractivity contribution in [2.45, 2.75) is 0 Å². The Morgan fingerprint density at radius 3 is 2.48 bits per heavy atom. The van der Waals surface area contributed by atoms with E-state index in [4.69, 9.17) is 16.7 Å². The zero-order chi connectivity index (χ0) is 18.0. The van der Waals surface area contributed by atoms with Gasteiger partial charge in [0, 0.05) is 15.8 Å². The number of carboxylic acid groups (broad SMARTS) is 1. The van der Waals surface area contributed by atoms with Crippen molar-refractivity contribution < 1.29 is 14.7 Å². The number of anilines is 1. The third kappa shape index (κ3) is 3.70. The van der Waals surface area contributed by atoms with E-state index in [-0.39, 0.29) is 10.6 Å². The maximum absolute atomic E-state index is 12.6. The first-order valence-corrected chi connectivity index (χ1v) is 8.11. The van der Waals surface area contributed by atoms with Crippen molar-refractivity contribution in [3.8, 4) is 5.69 Å². The highest BCUT2D eigenvalue weighted by Crippen LogP contribution is 2.24. The molecule has 0 bridgehead atoms. The van der Waals surface area contributed by atoms with Crippen molar-refractivity contribution >= 4 is 45.1 Å². The lowest BCUT2D eigenvalue weighted by Crippen LogP contribution is -2.14. The lowest BCUT2D eigenvalue weighted by Gasteiger charge is -2.10. The van der Waals surface area contributed by atoms with Crippen LogP contribution in [-0.4, -0.2) is 31.7 Å². The van der Waals surface area contributed by atoms with Gasteiger partial charge in [0.1, 0.15) is 12.7 Å². The molecule has 0 aliphatic heterocycles. The number of hydrogen-bond donors (Lipinski definition) is 2. The molecule has 1 aromatic heterocycles. The van der Waals surface area contributed by atoms with Gasteiger partial charge in [0.2, 0.25) is 0 Å². The van der Waals surface area contributed by atoms with Gasteiger partial charge in [-0.25, -0.2) is 4.79 Å². The van der Waals surface area contributed by atoms with Gasteiger partial charge in [-0.2, -0.15) is 0 Å². The molecule has 0 radical (unpaired) electrons. The molecular weight excluding hydrogens is 412 g/mol. The first kappa shape index (κ1) is 17.1. The van der Waals surface area contributed by atoms with Crippen molar-refractivity contribution in [3.63, 3.8) is 0 Å². The summed E-state index contributed by atoms with van der Waals surface area (Å²) in [7, 11) is 0. The minimum Gasteiger partial charge on any atom is -0.478 e. The van der Waals surface area contributed by atoms with E-state index in [2.05, 4.69) is 31.4 Å². The van der Waals surface area contributed by atoms with Crippen LogP contribution in [0, 0.1) is 0 Å². The highest BCUT2D eigenvalue weighted by molar-refractivity contribution is 9.10. The summed E-state index contributed by atoms with van der Waals surface area (Å²) in [5.41, 5.74) is 1.32. The summed E-state index contributed by atoms with van der Waals surface area (Å²) in [5, 5.41) is 19.3. The highest BCUT2D eigenvalue weighted by atomic mass is 79.9. The summed E-state index contributed by atoms with van der Waals surface area (Å²) in [6.45, 7) is 0. The first-order valence-electron chi connectivity index (χ1n) is 6.94. The fourth-order valence-electron chi connectivity index (χ4n) is 2.15. The molecule has 0 saturated carbocycles. The van der Waals surface area contributed by atoms with Crippen LogP contribution in [0.4, 0.5) is 5.69 Å². The van der Waals surface area contributed by atoms with Gasteiger partial charge < -0.3 is 10.4 Å². The fourth-order valence-corrected chi connectivity index (χ4v) is 2.77. The van der Waals surface area contributed by atoms with Gasteiger partial charge in [-0.1, -0.05) is 11.6 Å². The Labute approximate surface area is 155 Å².